The standard InChI is InChI=1S/C26H27NO5S/c1-5-31-26(29)20-16-23(19-9-7-6-8-10-19)33-25(20)27-24(28)14-12-18-11-13-21(32-17(2)3)22(15-18)30-4/h6-17H,5H2,1-4H3,(H,27,28). The summed E-state index contributed by atoms with van der Waals surface area (Å²) in [6, 6.07) is 16.9. The summed E-state index contributed by atoms with van der Waals surface area (Å²) in [5, 5.41) is 3.26. The molecular weight excluding hydrogens is 438 g/mol. The number of nitrogens with one attached hydrogen (secondary N) is 1. The number of ether oxygens (including phenoxy) is 3. The van der Waals surface area contributed by atoms with Gasteiger partial charge >= 0.3 is 5.97 Å². The molecule has 3 rings (SSSR count). The molecule has 1 amide bonds. The molecule has 6 nitrogen and oxygen atoms in total. The number of carbonyl (C=O) groups excluding carboxylic acids is 2. The van der Waals surface area contributed by atoms with Gasteiger partial charge in [0.05, 0.1) is 25.4 Å². The van der Waals surface area contributed by atoms with Gasteiger partial charge in [-0.1, -0.05) is 36.4 Å². The van der Waals surface area contributed by atoms with E-state index in [2.05, 4.69) is 5.32 Å². The minimum atomic E-state index is -0.472. The van der Waals surface area contributed by atoms with Crippen LogP contribution in [0.4, 0.5) is 5.00 Å². The van der Waals surface area contributed by atoms with E-state index in [0.29, 0.717) is 22.1 Å². The van der Waals surface area contributed by atoms with Crippen LogP contribution >= 0.6 is 11.3 Å². The predicted molar refractivity (Wildman–Crippen MR) is 132 cm³/mol. The number of thiophene rings is 1. The summed E-state index contributed by atoms with van der Waals surface area (Å²) in [7, 11) is 1.57. The van der Waals surface area contributed by atoms with E-state index < -0.39 is 5.97 Å². The Morgan fingerprint density at radius 3 is 2.48 bits per heavy atom. The van der Waals surface area contributed by atoms with E-state index in [1.54, 1.807) is 38.3 Å². The van der Waals surface area contributed by atoms with Crippen LogP contribution in [0, 0.1) is 0 Å². The van der Waals surface area contributed by atoms with Crippen molar-refractivity contribution >= 4 is 34.3 Å². The van der Waals surface area contributed by atoms with Crippen LogP contribution in [0.3, 0.4) is 0 Å². The molecule has 1 aromatic heterocycles. The second kappa shape index (κ2) is 11.3. The third-order valence-electron chi connectivity index (χ3n) is 4.50. The first kappa shape index (κ1) is 24.1. The molecule has 33 heavy (non-hydrogen) atoms. The van der Waals surface area contributed by atoms with Crippen LogP contribution in [0.2, 0.25) is 0 Å². The van der Waals surface area contributed by atoms with Crippen LogP contribution in [0.15, 0.2) is 60.7 Å². The van der Waals surface area contributed by atoms with Gasteiger partial charge in [0.2, 0.25) is 5.91 Å². The van der Waals surface area contributed by atoms with Gasteiger partial charge in [0.25, 0.3) is 0 Å². The van der Waals surface area contributed by atoms with Crippen LogP contribution < -0.4 is 14.8 Å². The Morgan fingerprint density at radius 2 is 1.82 bits per heavy atom. The molecule has 172 valence electrons. The van der Waals surface area contributed by atoms with Crippen molar-refractivity contribution in [3.8, 4) is 21.9 Å². The van der Waals surface area contributed by atoms with Gasteiger partial charge in [0, 0.05) is 11.0 Å². The van der Waals surface area contributed by atoms with Crippen LogP contribution in [0.5, 0.6) is 11.5 Å². The lowest BCUT2D eigenvalue weighted by Crippen LogP contribution is -2.11. The summed E-state index contributed by atoms with van der Waals surface area (Å²) in [6.45, 7) is 5.88. The van der Waals surface area contributed by atoms with Gasteiger partial charge in [-0.05, 0) is 56.2 Å². The maximum absolute atomic E-state index is 12.6. The maximum atomic E-state index is 12.6. The fraction of sp³-hybridized carbons (Fsp3) is 0.231. The van der Waals surface area contributed by atoms with Crippen molar-refractivity contribution in [1.82, 2.24) is 0 Å². The molecule has 1 N–H and O–H groups in total. The largest absolute Gasteiger partial charge is 0.493 e. The summed E-state index contributed by atoms with van der Waals surface area (Å²) in [5.74, 6) is 0.394. The van der Waals surface area contributed by atoms with Crippen LogP contribution in [0.25, 0.3) is 16.5 Å². The molecule has 0 aliphatic rings. The van der Waals surface area contributed by atoms with Crippen molar-refractivity contribution < 1.29 is 23.8 Å². The van der Waals surface area contributed by atoms with E-state index >= 15 is 0 Å². The Hall–Kier alpha value is -3.58. The van der Waals surface area contributed by atoms with Gasteiger partial charge in [-0.25, -0.2) is 4.79 Å². The Labute approximate surface area is 197 Å². The van der Waals surface area contributed by atoms with E-state index in [-0.39, 0.29) is 18.6 Å². The van der Waals surface area contributed by atoms with Gasteiger partial charge in [0.1, 0.15) is 5.00 Å². The van der Waals surface area contributed by atoms with Crippen LogP contribution in [-0.2, 0) is 9.53 Å². The molecule has 0 fully saturated rings. The Morgan fingerprint density at radius 1 is 1.06 bits per heavy atom. The van der Waals surface area contributed by atoms with E-state index in [0.717, 1.165) is 16.0 Å². The average Bonchev–Trinajstić information content (AvgIpc) is 3.22. The highest BCUT2D eigenvalue weighted by Crippen LogP contribution is 2.36. The Kier molecular flexibility index (Phi) is 8.27. The quantitative estimate of drug-likeness (QED) is 0.308. The fourth-order valence-corrected chi connectivity index (χ4v) is 4.11. The lowest BCUT2D eigenvalue weighted by atomic mass is 10.1. The number of methoxy groups -OCH3 is 1. The lowest BCUT2D eigenvalue weighted by molar-refractivity contribution is -0.111. The number of esters is 1. The zero-order valence-electron chi connectivity index (χ0n) is 19.1. The number of amides is 1. The van der Waals surface area contributed by atoms with E-state index in [9.17, 15) is 9.59 Å². The zero-order valence-corrected chi connectivity index (χ0v) is 19.9. The number of anilines is 1. The van der Waals surface area contributed by atoms with Crippen molar-refractivity contribution in [2.24, 2.45) is 0 Å². The fourth-order valence-electron chi connectivity index (χ4n) is 3.05. The monoisotopic (exact) mass is 465 g/mol. The van der Waals surface area contributed by atoms with Crippen molar-refractivity contribution in [3.63, 3.8) is 0 Å². The molecule has 0 saturated heterocycles. The van der Waals surface area contributed by atoms with E-state index in [1.165, 1.54) is 17.4 Å². The predicted octanol–water partition coefficient (Wildman–Crippen LogP) is 6.04. The molecule has 0 spiro atoms. The minimum absolute atomic E-state index is 0.0197. The molecule has 0 radical (unpaired) electrons. The van der Waals surface area contributed by atoms with Gasteiger partial charge in [0.15, 0.2) is 11.5 Å². The Bertz CT molecular complexity index is 1130. The van der Waals surface area contributed by atoms with Crippen molar-refractivity contribution in [2.45, 2.75) is 26.9 Å². The molecular formula is C26H27NO5S. The number of hydrogen-bond donors (Lipinski definition) is 1. The van der Waals surface area contributed by atoms with Gasteiger partial charge in [-0.3, -0.25) is 4.79 Å². The minimum Gasteiger partial charge on any atom is -0.493 e. The summed E-state index contributed by atoms with van der Waals surface area (Å²) < 4.78 is 16.3. The number of rotatable bonds is 9. The van der Waals surface area contributed by atoms with Crippen LogP contribution in [0.1, 0.15) is 36.7 Å². The first-order valence-corrected chi connectivity index (χ1v) is 11.4. The SMILES string of the molecule is CCOC(=O)c1cc(-c2ccccc2)sc1NC(=O)C=Cc1ccc(OC(C)C)c(OC)c1. The molecule has 7 heteroatoms. The molecule has 0 bridgehead atoms. The maximum Gasteiger partial charge on any atom is 0.341 e. The molecule has 1 heterocycles. The number of benzene rings is 2. The number of hydrogen-bond acceptors (Lipinski definition) is 6. The molecule has 0 aliphatic carbocycles. The average molecular weight is 466 g/mol. The molecule has 2 aromatic carbocycles. The molecule has 3 aromatic rings. The lowest BCUT2D eigenvalue weighted by Gasteiger charge is -2.13. The zero-order chi connectivity index (χ0) is 23.8. The van der Waals surface area contributed by atoms with Gasteiger partial charge in [-0.2, -0.15) is 0 Å². The highest BCUT2D eigenvalue weighted by atomic mass is 32.1. The van der Waals surface area contributed by atoms with Gasteiger partial charge < -0.3 is 19.5 Å². The topological polar surface area (TPSA) is 73.9 Å². The van der Waals surface area contributed by atoms with Crippen molar-refractivity contribution in [1.29, 1.82) is 0 Å². The summed E-state index contributed by atoms with van der Waals surface area (Å²) in [6.07, 6.45) is 3.10. The normalized spacial score (nSPS) is 10.9. The molecule has 0 aliphatic heterocycles. The third-order valence-corrected chi connectivity index (χ3v) is 5.60. The highest BCUT2D eigenvalue weighted by molar-refractivity contribution is 7.20. The molecule has 0 saturated carbocycles. The van der Waals surface area contributed by atoms with Gasteiger partial charge in [-0.15, -0.1) is 11.3 Å². The van der Waals surface area contributed by atoms with Crippen LogP contribution in [-0.4, -0.2) is 31.7 Å². The summed E-state index contributed by atoms with van der Waals surface area (Å²) in [5.41, 5.74) is 2.07. The summed E-state index contributed by atoms with van der Waals surface area (Å²) in [4.78, 5) is 25.9. The second-order valence-electron chi connectivity index (χ2n) is 7.34. The number of carbonyl (C=O) groups is 2. The Balaban J connectivity index is 1.80. The molecule has 0 unspecified atom stereocenters. The highest BCUT2D eigenvalue weighted by Gasteiger charge is 2.19. The van der Waals surface area contributed by atoms with Crippen molar-refractivity contribution in [3.05, 3.63) is 71.8 Å². The molecule has 0 atom stereocenters. The first-order valence-electron chi connectivity index (χ1n) is 10.6. The third kappa shape index (κ3) is 6.46. The second-order valence-corrected chi connectivity index (χ2v) is 8.39. The van der Waals surface area contributed by atoms with Crippen molar-refractivity contribution in [2.75, 3.05) is 19.0 Å². The smallest absolute Gasteiger partial charge is 0.341 e. The van der Waals surface area contributed by atoms with E-state index in [4.69, 9.17) is 14.2 Å². The summed E-state index contributed by atoms with van der Waals surface area (Å²) >= 11 is 1.33. The first-order chi connectivity index (χ1) is 15.9. The van der Waals surface area contributed by atoms with E-state index in [1.807, 2.05) is 50.2 Å².